The monoisotopic (exact) mass is 488 g/mol. The second-order valence-corrected chi connectivity index (χ2v) is 10.0. The number of aromatic nitrogens is 6. The number of halogens is 1. The van der Waals surface area contributed by atoms with Crippen molar-refractivity contribution in [3.63, 3.8) is 0 Å². The number of rotatable bonds is 6. The van der Waals surface area contributed by atoms with Gasteiger partial charge in [0.25, 0.3) is 0 Å². The van der Waals surface area contributed by atoms with Gasteiger partial charge in [-0.15, -0.1) is 5.10 Å². The molecule has 0 radical (unpaired) electrons. The number of anilines is 3. The van der Waals surface area contributed by atoms with Gasteiger partial charge in [0.2, 0.25) is 5.95 Å². The molecule has 0 unspecified atom stereocenters. The molecule has 2 aromatic heterocycles. The van der Waals surface area contributed by atoms with Crippen LogP contribution in [0.1, 0.15) is 62.0 Å². The van der Waals surface area contributed by atoms with Crippen LogP contribution in [0.5, 0.6) is 0 Å². The fourth-order valence-corrected chi connectivity index (χ4v) is 5.80. The Hall–Kier alpha value is -3.65. The van der Waals surface area contributed by atoms with Crippen molar-refractivity contribution < 1.29 is 4.39 Å². The molecule has 3 fully saturated rings. The zero-order valence-electron chi connectivity index (χ0n) is 20.3. The number of likely N-dealkylation sites (N-methyl/N-ethyl adjacent to an activating group) is 1. The van der Waals surface area contributed by atoms with E-state index in [1.165, 1.54) is 25.4 Å². The molecule has 36 heavy (non-hydrogen) atoms. The molecule has 1 aromatic carbocycles. The third kappa shape index (κ3) is 4.26. The number of nitrogens with zero attached hydrogens (tertiary/aromatic N) is 9. The molecular weight excluding hydrogens is 459 g/mol. The van der Waals surface area contributed by atoms with Crippen LogP contribution in [-0.4, -0.2) is 67.3 Å². The number of nitrogens with one attached hydrogen (secondary N) is 1. The van der Waals surface area contributed by atoms with Crippen LogP contribution in [0, 0.1) is 17.1 Å². The standard InChI is InChI=1S/C25H29FN10/c1-34(21-6-4-10-35-9-3-2-5-22(21)35)24-17(13-27)14-28-25(31-24)30-20-12-23(36-15-29-32-33-36)18(11-19(20)26)16-7-8-16/h11-12,14-16,21-22H,2-10H2,1H3,(H,28,30,31)/t21-,22+/m0/s1. The topological polar surface area (TPSA) is 112 Å². The van der Waals surface area contributed by atoms with E-state index in [2.05, 4.69) is 41.7 Å². The third-order valence-corrected chi connectivity index (χ3v) is 7.75. The predicted octanol–water partition coefficient (Wildman–Crippen LogP) is 3.54. The quantitative estimate of drug-likeness (QED) is 0.557. The number of nitriles is 1. The zero-order chi connectivity index (χ0) is 24.6. The number of piperidine rings is 2. The van der Waals surface area contributed by atoms with Gasteiger partial charge in [0.1, 0.15) is 23.8 Å². The van der Waals surface area contributed by atoms with Crippen LogP contribution in [0.15, 0.2) is 24.7 Å². The van der Waals surface area contributed by atoms with Gasteiger partial charge in [-0.05, 0) is 85.7 Å². The van der Waals surface area contributed by atoms with E-state index in [0.29, 0.717) is 23.3 Å². The number of hydrogen-bond acceptors (Lipinski definition) is 9. The lowest BCUT2D eigenvalue weighted by molar-refractivity contribution is 0.0893. The van der Waals surface area contributed by atoms with Gasteiger partial charge in [-0.25, -0.2) is 14.1 Å². The van der Waals surface area contributed by atoms with Crippen LogP contribution >= 0.6 is 0 Å². The van der Waals surface area contributed by atoms with E-state index in [4.69, 9.17) is 4.98 Å². The molecule has 4 heterocycles. The summed E-state index contributed by atoms with van der Waals surface area (Å²) in [5.74, 6) is 0.742. The normalized spacial score (nSPS) is 22.0. The molecule has 1 aliphatic carbocycles. The highest BCUT2D eigenvalue weighted by Gasteiger charge is 2.36. The summed E-state index contributed by atoms with van der Waals surface area (Å²) < 4.78 is 16.7. The Morgan fingerprint density at radius 1 is 1.14 bits per heavy atom. The molecule has 11 heteroatoms. The summed E-state index contributed by atoms with van der Waals surface area (Å²) in [5.41, 5.74) is 2.27. The van der Waals surface area contributed by atoms with Crippen molar-refractivity contribution in [1.82, 2.24) is 35.1 Å². The van der Waals surface area contributed by atoms with E-state index >= 15 is 4.39 Å². The summed E-state index contributed by atoms with van der Waals surface area (Å²) in [4.78, 5) is 13.7. The Bertz CT molecular complexity index is 1280. The Kier molecular flexibility index (Phi) is 5.97. The van der Waals surface area contributed by atoms with Gasteiger partial charge in [-0.2, -0.15) is 10.2 Å². The van der Waals surface area contributed by atoms with Crippen molar-refractivity contribution in [2.75, 3.05) is 30.4 Å². The van der Waals surface area contributed by atoms with Gasteiger partial charge in [0.05, 0.1) is 17.6 Å². The molecule has 0 bridgehead atoms. The van der Waals surface area contributed by atoms with Crippen LogP contribution in [0.3, 0.4) is 0 Å². The van der Waals surface area contributed by atoms with Gasteiger partial charge < -0.3 is 10.2 Å². The van der Waals surface area contributed by atoms with Gasteiger partial charge in [-0.3, -0.25) is 4.90 Å². The number of benzene rings is 1. The van der Waals surface area contributed by atoms with E-state index in [-0.39, 0.29) is 23.5 Å². The lowest BCUT2D eigenvalue weighted by Gasteiger charge is -2.47. The molecule has 1 N–H and O–H groups in total. The lowest BCUT2D eigenvalue weighted by Crippen LogP contribution is -2.56. The van der Waals surface area contributed by atoms with E-state index < -0.39 is 0 Å². The fraction of sp³-hybridized carbons (Fsp3) is 0.520. The highest BCUT2D eigenvalue weighted by atomic mass is 19.1. The molecule has 1 saturated carbocycles. The van der Waals surface area contributed by atoms with Crippen LogP contribution in [0.2, 0.25) is 0 Å². The Morgan fingerprint density at radius 2 is 2.00 bits per heavy atom. The maximum absolute atomic E-state index is 15.2. The second kappa shape index (κ2) is 9.43. The first-order chi connectivity index (χ1) is 17.6. The molecular formula is C25H29FN10. The van der Waals surface area contributed by atoms with Crippen LogP contribution in [0.4, 0.5) is 21.8 Å². The van der Waals surface area contributed by atoms with Crippen molar-refractivity contribution in [2.24, 2.45) is 0 Å². The average Bonchev–Trinajstić information content (AvgIpc) is 3.62. The van der Waals surface area contributed by atoms with Gasteiger partial charge in [0.15, 0.2) is 5.82 Å². The maximum Gasteiger partial charge on any atom is 0.229 e. The van der Waals surface area contributed by atoms with Crippen molar-refractivity contribution in [2.45, 2.75) is 62.9 Å². The fourth-order valence-electron chi connectivity index (χ4n) is 5.80. The number of hydrogen-bond donors (Lipinski definition) is 1. The summed E-state index contributed by atoms with van der Waals surface area (Å²) in [5, 5.41) is 24.3. The zero-order valence-corrected chi connectivity index (χ0v) is 20.3. The maximum atomic E-state index is 15.2. The minimum Gasteiger partial charge on any atom is -0.354 e. The van der Waals surface area contributed by atoms with Crippen molar-refractivity contribution in [1.29, 1.82) is 5.26 Å². The first kappa shape index (κ1) is 22.8. The summed E-state index contributed by atoms with van der Waals surface area (Å²) in [6.45, 7) is 2.27. The smallest absolute Gasteiger partial charge is 0.229 e. The molecule has 6 rings (SSSR count). The van der Waals surface area contributed by atoms with Crippen molar-refractivity contribution in [3.8, 4) is 11.8 Å². The largest absolute Gasteiger partial charge is 0.354 e. The molecule has 0 spiro atoms. The minimum atomic E-state index is -0.387. The predicted molar refractivity (Wildman–Crippen MR) is 132 cm³/mol. The first-order valence-electron chi connectivity index (χ1n) is 12.7. The van der Waals surface area contributed by atoms with E-state index in [0.717, 1.165) is 56.4 Å². The van der Waals surface area contributed by atoms with Crippen molar-refractivity contribution >= 4 is 17.5 Å². The Balaban J connectivity index is 1.31. The SMILES string of the molecule is CN(c1nc(Nc2cc(-n3cnnn3)c(C3CC3)cc2F)ncc1C#N)[C@H]1CCCN2CCCC[C@H]12. The number of fused-ring (bicyclic) bond motifs is 1. The molecule has 186 valence electrons. The van der Waals surface area contributed by atoms with Crippen LogP contribution in [-0.2, 0) is 0 Å². The summed E-state index contributed by atoms with van der Waals surface area (Å²) in [7, 11) is 2.01. The average molecular weight is 489 g/mol. The molecule has 10 nitrogen and oxygen atoms in total. The molecule has 2 atom stereocenters. The number of tetrazole rings is 1. The summed E-state index contributed by atoms with van der Waals surface area (Å²) >= 11 is 0. The van der Waals surface area contributed by atoms with E-state index in [9.17, 15) is 5.26 Å². The minimum absolute atomic E-state index is 0.235. The Morgan fingerprint density at radius 3 is 2.78 bits per heavy atom. The highest BCUT2D eigenvalue weighted by molar-refractivity contribution is 5.64. The van der Waals surface area contributed by atoms with Gasteiger partial charge in [-0.1, -0.05) is 6.42 Å². The van der Waals surface area contributed by atoms with Gasteiger partial charge in [0, 0.05) is 19.1 Å². The van der Waals surface area contributed by atoms with Crippen molar-refractivity contribution in [3.05, 3.63) is 41.6 Å². The highest BCUT2D eigenvalue weighted by Crippen LogP contribution is 2.44. The van der Waals surface area contributed by atoms with Crippen LogP contribution in [0.25, 0.3) is 5.69 Å². The molecule has 0 amide bonds. The van der Waals surface area contributed by atoms with Gasteiger partial charge >= 0.3 is 0 Å². The first-order valence-corrected chi connectivity index (χ1v) is 12.7. The van der Waals surface area contributed by atoms with E-state index in [1.54, 1.807) is 16.8 Å². The molecule has 2 saturated heterocycles. The van der Waals surface area contributed by atoms with Crippen LogP contribution < -0.4 is 10.2 Å². The Labute approximate surface area is 209 Å². The molecule has 2 aliphatic heterocycles. The second-order valence-electron chi connectivity index (χ2n) is 10.0. The van der Waals surface area contributed by atoms with E-state index in [1.807, 2.05) is 7.05 Å². The lowest BCUT2D eigenvalue weighted by atomic mass is 9.88. The molecule has 3 aliphatic rings. The summed E-state index contributed by atoms with van der Waals surface area (Å²) in [6.07, 6.45) is 10.9. The molecule has 3 aromatic rings. The third-order valence-electron chi connectivity index (χ3n) is 7.75. The summed E-state index contributed by atoms with van der Waals surface area (Å²) in [6, 6.07) is 6.22.